The normalized spacial score (nSPS) is 18.4. The molecule has 144 valence electrons. The van der Waals surface area contributed by atoms with Gasteiger partial charge in [-0.15, -0.1) is 0 Å². The predicted molar refractivity (Wildman–Crippen MR) is 105 cm³/mol. The molecule has 0 saturated carbocycles. The van der Waals surface area contributed by atoms with Crippen molar-refractivity contribution in [3.63, 3.8) is 0 Å². The molecule has 0 aliphatic carbocycles. The zero-order valence-electron chi connectivity index (χ0n) is 15.3. The van der Waals surface area contributed by atoms with Crippen LogP contribution in [0.5, 0.6) is 0 Å². The van der Waals surface area contributed by atoms with Gasteiger partial charge in [0.25, 0.3) is 5.91 Å². The van der Waals surface area contributed by atoms with Crippen molar-refractivity contribution in [3.05, 3.63) is 59.4 Å². The van der Waals surface area contributed by atoms with Gasteiger partial charge in [0, 0.05) is 17.8 Å². The highest BCUT2D eigenvalue weighted by Crippen LogP contribution is 2.27. The molecule has 1 aromatic heterocycles. The van der Waals surface area contributed by atoms with Crippen LogP contribution in [0.3, 0.4) is 0 Å². The van der Waals surface area contributed by atoms with E-state index in [1.807, 2.05) is 31.2 Å². The Hall–Kier alpha value is -3.23. The minimum absolute atomic E-state index is 0.0573. The summed E-state index contributed by atoms with van der Waals surface area (Å²) in [6.07, 6.45) is -2.29. The summed E-state index contributed by atoms with van der Waals surface area (Å²) in [7, 11) is 0. The third-order valence-electron chi connectivity index (χ3n) is 4.85. The van der Waals surface area contributed by atoms with Gasteiger partial charge in [-0.25, -0.2) is 4.98 Å². The quantitative estimate of drug-likeness (QED) is 0.404. The van der Waals surface area contributed by atoms with E-state index in [1.54, 1.807) is 23.1 Å². The molecule has 4 rings (SSSR count). The summed E-state index contributed by atoms with van der Waals surface area (Å²) >= 11 is 0. The molecule has 28 heavy (non-hydrogen) atoms. The maximum absolute atomic E-state index is 12.9. The van der Waals surface area contributed by atoms with Gasteiger partial charge < -0.3 is 25.5 Å². The van der Waals surface area contributed by atoms with Crippen LogP contribution in [0.15, 0.2) is 42.5 Å². The Morgan fingerprint density at radius 1 is 1.36 bits per heavy atom. The largest absolute Gasteiger partial charge is 0.384 e. The van der Waals surface area contributed by atoms with Crippen LogP contribution >= 0.6 is 0 Å². The molecule has 0 radical (unpaired) electrons. The number of aromatic nitrogens is 2. The van der Waals surface area contributed by atoms with Gasteiger partial charge in [-0.1, -0.05) is 17.7 Å². The zero-order valence-corrected chi connectivity index (χ0v) is 15.3. The average molecular weight is 379 g/mol. The number of nitrogens with one attached hydrogen (secondary N) is 2. The molecule has 0 unspecified atom stereocenters. The van der Waals surface area contributed by atoms with Gasteiger partial charge in [-0.05, 0) is 37.3 Å². The number of nitrogens with zero attached hydrogens (tertiary/aromatic N) is 2. The highest BCUT2D eigenvalue weighted by molar-refractivity contribution is 5.98. The highest BCUT2D eigenvalue weighted by atomic mass is 16.5. The molecule has 0 spiro atoms. The molecule has 1 aliphatic heterocycles. The van der Waals surface area contributed by atoms with Crippen molar-refractivity contribution in [3.8, 4) is 0 Å². The number of rotatable bonds is 4. The van der Waals surface area contributed by atoms with E-state index < -0.39 is 12.2 Å². The van der Waals surface area contributed by atoms with Gasteiger partial charge in [0.1, 0.15) is 17.8 Å². The monoisotopic (exact) mass is 379 g/mol. The minimum Gasteiger partial charge on any atom is -0.384 e. The Morgan fingerprint density at radius 3 is 2.82 bits per heavy atom. The number of amides is 1. The van der Waals surface area contributed by atoms with Crippen molar-refractivity contribution in [1.82, 2.24) is 9.97 Å². The Bertz CT molecular complexity index is 1040. The zero-order chi connectivity index (χ0) is 19.8. The van der Waals surface area contributed by atoms with E-state index in [4.69, 9.17) is 15.9 Å². The number of fused-ring (bicyclic) bond motifs is 1. The molecule has 1 amide bonds. The second-order valence-corrected chi connectivity index (χ2v) is 6.83. The molecule has 8 nitrogen and oxygen atoms in total. The number of carbonyl (C=O) groups excluding carboxylic acids is 1. The van der Waals surface area contributed by atoms with E-state index in [2.05, 4.69) is 9.97 Å². The maximum atomic E-state index is 12.9. The van der Waals surface area contributed by atoms with Gasteiger partial charge >= 0.3 is 0 Å². The molecule has 2 aromatic carbocycles. The maximum Gasteiger partial charge on any atom is 0.259 e. The second kappa shape index (κ2) is 7.06. The molecule has 0 bridgehead atoms. The topological polar surface area (TPSA) is 128 Å². The molecule has 2 heterocycles. The highest BCUT2D eigenvalue weighted by Gasteiger charge is 2.38. The standard InChI is InChI=1S/C20H21N5O3/c1-11-2-5-13(6-3-11)25-8-9-28-17(20(25)27)16(26)19-23-14-7-4-12(18(21)22)10-15(14)24-19/h2-7,10,16-17,26H,8-9H2,1H3,(H3,21,22)(H,23,24)/t16-,17-/m1/s1. The summed E-state index contributed by atoms with van der Waals surface area (Å²) in [6, 6.07) is 12.7. The molecule has 3 aromatic rings. The summed E-state index contributed by atoms with van der Waals surface area (Å²) in [6.45, 7) is 2.72. The predicted octanol–water partition coefficient (Wildman–Crippen LogP) is 1.62. The number of benzene rings is 2. The van der Waals surface area contributed by atoms with Crippen LogP contribution in [0, 0.1) is 12.3 Å². The van der Waals surface area contributed by atoms with Crippen LogP contribution in [0.1, 0.15) is 23.1 Å². The molecule has 1 fully saturated rings. The van der Waals surface area contributed by atoms with Crippen LogP contribution in [-0.4, -0.2) is 46.1 Å². The Morgan fingerprint density at radius 2 is 2.11 bits per heavy atom. The van der Waals surface area contributed by atoms with Crippen LogP contribution in [0.2, 0.25) is 0 Å². The first-order valence-corrected chi connectivity index (χ1v) is 8.96. The number of H-pyrrole nitrogens is 1. The number of amidine groups is 1. The fourth-order valence-corrected chi connectivity index (χ4v) is 3.29. The van der Waals surface area contributed by atoms with Gasteiger partial charge in [-0.3, -0.25) is 10.2 Å². The second-order valence-electron chi connectivity index (χ2n) is 6.83. The molecule has 5 N–H and O–H groups in total. The number of hydrogen-bond donors (Lipinski definition) is 4. The number of aryl methyl sites for hydroxylation is 1. The van der Waals surface area contributed by atoms with E-state index in [0.717, 1.165) is 11.3 Å². The van der Waals surface area contributed by atoms with E-state index in [1.165, 1.54) is 0 Å². The lowest BCUT2D eigenvalue weighted by Crippen LogP contribution is -2.50. The number of nitrogens with two attached hydrogens (primary N) is 1. The number of imidazole rings is 1. The summed E-state index contributed by atoms with van der Waals surface area (Å²) < 4.78 is 5.58. The van der Waals surface area contributed by atoms with Gasteiger partial charge in [0.15, 0.2) is 6.10 Å². The number of aliphatic hydroxyl groups excluding tert-OH is 1. The van der Waals surface area contributed by atoms with Crippen molar-refractivity contribution >= 4 is 28.5 Å². The van der Waals surface area contributed by atoms with E-state index in [9.17, 15) is 9.90 Å². The number of morpholine rings is 1. The number of carbonyl (C=O) groups is 1. The molecule has 2 atom stereocenters. The van der Waals surface area contributed by atoms with E-state index in [-0.39, 0.29) is 17.6 Å². The third-order valence-corrected chi connectivity index (χ3v) is 4.85. The summed E-state index contributed by atoms with van der Waals surface area (Å²) in [4.78, 5) is 21.9. The Kier molecular flexibility index (Phi) is 4.58. The third kappa shape index (κ3) is 3.23. The van der Waals surface area contributed by atoms with Crippen molar-refractivity contribution in [2.75, 3.05) is 18.1 Å². The lowest BCUT2D eigenvalue weighted by Gasteiger charge is -2.34. The molecular formula is C20H21N5O3. The van der Waals surface area contributed by atoms with Gasteiger partial charge in [-0.2, -0.15) is 0 Å². The summed E-state index contributed by atoms with van der Waals surface area (Å²) in [5, 5.41) is 18.3. The van der Waals surface area contributed by atoms with E-state index in [0.29, 0.717) is 29.7 Å². The van der Waals surface area contributed by atoms with E-state index >= 15 is 0 Å². The minimum atomic E-state index is -1.24. The van der Waals surface area contributed by atoms with Gasteiger partial charge in [0.05, 0.1) is 17.6 Å². The van der Waals surface area contributed by atoms with Crippen molar-refractivity contribution in [1.29, 1.82) is 5.41 Å². The Labute approximate surface area is 161 Å². The number of anilines is 1. The van der Waals surface area contributed by atoms with Crippen molar-refractivity contribution in [2.45, 2.75) is 19.1 Å². The number of hydrogen-bond acceptors (Lipinski definition) is 5. The number of ether oxygens (including phenoxy) is 1. The smallest absolute Gasteiger partial charge is 0.259 e. The first-order valence-electron chi connectivity index (χ1n) is 8.96. The SMILES string of the molecule is Cc1ccc(N2CCO[C@H]([C@@H](O)c3nc4ccc(C(=N)N)cc4[nH]3)C2=O)cc1. The molecule has 8 heteroatoms. The fraction of sp³-hybridized carbons (Fsp3) is 0.250. The van der Waals surface area contributed by atoms with Crippen LogP contribution in [0.25, 0.3) is 11.0 Å². The molecular weight excluding hydrogens is 358 g/mol. The lowest BCUT2D eigenvalue weighted by molar-refractivity contribution is -0.143. The van der Waals surface area contributed by atoms with Crippen molar-refractivity contribution in [2.24, 2.45) is 5.73 Å². The van der Waals surface area contributed by atoms with Crippen LogP contribution in [0.4, 0.5) is 5.69 Å². The number of nitrogen functional groups attached to an aromatic ring is 1. The first-order chi connectivity index (χ1) is 13.4. The van der Waals surface area contributed by atoms with Crippen LogP contribution in [-0.2, 0) is 9.53 Å². The summed E-state index contributed by atoms with van der Waals surface area (Å²) in [5.74, 6) is -0.134. The number of aliphatic hydroxyl groups is 1. The lowest BCUT2D eigenvalue weighted by atomic mass is 10.1. The average Bonchev–Trinajstić information content (AvgIpc) is 3.12. The Balaban J connectivity index is 1.60. The van der Waals surface area contributed by atoms with Crippen molar-refractivity contribution < 1.29 is 14.6 Å². The molecule has 1 aliphatic rings. The molecule has 1 saturated heterocycles. The van der Waals surface area contributed by atoms with Crippen LogP contribution < -0.4 is 10.6 Å². The number of aromatic amines is 1. The first kappa shape index (κ1) is 18.1. The van der Waals surface area contributed by atoms with Gasteiger partial charge in [0.2, 0.25) is 0 Å². The fourth-order valence-electron chi connectivity index (χ4n) is 3.29. The summed E-state index contributed by atoms with van der Waals surface area (Å²) in [5.41, 5.74) is 9.17.